The third kappa shape index (κ3) is 2.84. The maximum Gasteiger partial charge on any atom is 0.123 e. The van der Waals surface area contributed by atoms with Gasteiger partial charge in [0.15, 0.2) is 0 Å². The van der Waals surface area contributed by atoms with Crippen LogP contribution in [-0.4, -0.2) is 4.98 Å². The van der Waals surface area contributed by atoms with Crippen LogP contribution in [0.1, 0.15) is 22.7 Å². The number of aromatic nitrogens is 1. The molecule has 0 saturated carbocycles. The van der Waals surface area contributed by atoms with E-state index in [1.807, 2.05) is 13.0 Å². The van der Waals surface area contributed by atoms with Crippen molar-refractivity contribution < 1.29 is 4.39 Å². The molecule has 1 unspecified atom stereocenters. The summed E-state index contributed by atoms with van der Waals surface area (Å²) in [5.41, 5.74) is 14.6. The molecule has 1 atom stereocenters. The summed E-state index contributed by atoms with van der Waals surface area (Å²) in [4.78, 5) is 3.94. The first kappa shape index (κ1) is 12.5. The molecule has 2 aromatic rings. The minimum atomic E-state index is -0.239. The van der Waals surface area contributed by atoms with Gasteiger partial charge >= 0.3 is 0 Å². The molecule has 4 heteroatoms. The van der Waals surface area contributed by atoms with E-state index in [0.717, 1.165) is 16.7 Å². The normalized spacial score (nSPS) is 12.4. The molecule has 0 aliphatic heterocycles. The fraction of sp³-hybridized carbons (Fsp3) is 0.214. The maximum absolute atomic E-state index is 13.0. The molecule has 1 heterocycles. The average molecular weight is 245 g/mol. The summed E-state index contributed by atoms with van der Waals surface area (Å²) in [6, 6.07) is 8.18. The van der Waals surface area contributed by atoms with E-state index in [9.17, 15) is 4.39 Å². The molecular formula is C14H16FN3. The Kier molecular flexibility index (Phi) is 3.58. The predicted molar refractivity (Wildman–Crippen MR) is 70.4 cm³/mol. The summed E-state index contributed by atoms with van der Waals surface area (Å²) in [7, 11) is 0. The van der Waals surface area contributed by atoms with E-state index in [-0.39, 0.29) is 11.9 Å². The van der Waals surface area contributed by atoms with Crippen LogP contribution in [-0.2, 0) is 6.42 Å². The van der Waals surface area contributed by atoms with Crippen LogP contribution in [0, 0.1) is 12.7 Å². The molecule has 18 heavy (non-hydrogen) atoms. The summed E-state index contributed by atoms with van der Waals surface area (Å²) in [5.74, 6) is 0.243. The third-order valence-electron chi connectivity index (χ3n) is 2.93. The zero-order valence-corrected chi connectivity index (χ0v) is 10.2. The molecule has 0 fully saturated rings. The molecule has 0 saturated heterocycles. The van der Waals surface area contributed by atoms with Crippen molar-refractivity contribution in [1.29, 1.82) is 0 Å². The second-order valence-corrected chi connectivity index (χ2v) is 4.40. The van der Waals surface area contributed by atoms with E-state index in [4.69, 9.17) is 11.5 Å². The molecular weight excluding hydrogens is 229 g/mol. The highest BCUT2D eigenvalue weighted by Crippen LogP contribution is 2.20. The Morgan fingerprint density at radius 1 is 1.28 bits per heavy atom. The van der Waals surface area contributed by atoms with Gasteiger partial charge in [-0.2, -0.15) is 0 Å². The number of rotatable bonds is 3. The number of nitrogen functional groups attached to an aromatic ring is 1. The third-order valence-corrected chi connectivity index (χ3v) is 2.93. The van der Waals surface area contributed by atoms with Crippen LogP contribution in [0.25, 0.3) is 0 Å². The van der Waals surface area contributed by atoms with Gasteiger partial charge in [-0.25, -0.2) is 9.37 Å². The minimum absolute atomic E-state index is 0.174. The van der Waals surface area contributed by atoms with Crippen LogP contribution >= 0.6 is 0 Å². The van der Waals surface area contributed by atoms with Gasteiger partial charge < -0.3 is 11.5 Å². The van der Waals surface area contributed by atoms with E-state index in [2.05, 4.69) is 4.98 Å². The number of nitrogens with two attached hydrogens (primary N) is 2. The van der Waals surface area contributed by atoms with Crippen molar-refractivity contribution in [2.45, 2.75) is 19.4 Å². The molecule has 3 nitrogen and oxygen atoms in total. The summed E-state index contributed by atoms with van der Waals surface area (Å²) in [6.07, 6.45) is 2.31. The van der Waals surface area contributed by atoms with Gasteiger partial charge in [0.1, 0.15) is 11.6 Å². The Hall–Kier alpha value is -1.94. The molecule has 0 aliphatic carbocycles. The highest BCUT2D eigenvalue weighted by atomic mass is 19.1. The van der Waals surface area contributed by atoms with Crippen molar-refractivity contribution in [3.8, 4) is 0 Å². The van der Waals surface area contributed by atoms with Gasteiger partial charge in [0, 0.05) is 12.2 Å². The Bertz CT molecular complexity index is 554. The second kappa shape index (κ2) is 5.14. The van der Waals surface area contributed by atoms with Gasteiger partial charge in [-0.3, -0.25) is 0 Å². The first-order valence-electron chi connectivity index (χ1n) is 5.78. The molecule has 0 spiro atoms. The standard InChI is InChI=1S/C14H16FN3/c1-9-6-11(15)2-3-12(9)13(16)7-10-4-5-18-14(17)8-10/h2-6,8,13H,7,16H2,1H3,(H2,17,18). The zero-order chi connectivity index (χ0) is 13.1. The molecule has 2 rings (SSSR count). The molecule has 0 aliphatic rings. The van der Waals surface area contributed by atoms with Gasteiger partial charge in [0.05, 0.1) is 0 Å². The number of pyridine rings is 1. The lowest BCUT2D eigenvalue weighted by Crippen LogP contribution is -2.15. The number of hydrogen-bond donors (Lipinski definition) is 2. The number of benzene rings is 1. The molecule has 1 aromatic carbocycles. The summed E-state index contributed by atoms with van der Waals surface area (Å²) in [6.45, 7) is 1.86. The van der Waals surface area contributed by atoms with Crippen molar-refractivity contribution in [1.82, 2.24) is 4.98 Å². The second-order valence-electron chi connectivity index (χ2n) is 4.40. The predicted octanol–water partition coefficient (Wildman–Crippen LogP) is 2.35. The number of nitrogens with zero attached hydrogens (tertiary/aromatic N) is 1. The smallest absolute Gasteiger partial charge is 0.123 e. The topological polar surface area (TPSA) is 64.9 Å². The Morgan fingerprint density at radius 3 is 2.72 bits per heavy atom. The van der Waals surface area contributed by atoms with Crippen molar-refractivity contribution in [2.24, 2.45) is 5.73 Å². The summed E-state index contributed by atoms with van der Waals surface area (Å²) in [5, 5.41) is 0. The molecule has 1 aromatic heterocycles. The van der Waals surface area contributed by atoms with Gasteiger partial charge in [0.2, 0.25) is 0 Å². The monoisotopic (exact) mass is 245 g/mol. The number of aryl methyl sites for hydroxylation is 1. The van der Waals surface area contributed by atoms with Crippen LogP contribution in [0.2, 0.25) is 0 Å². The summed E-state index contributed by atoms with van der Waals surface area (Å²) >= 11 is 0. The van der Waals surface area contributed by atoms with Gasteiger partial charge in [-0.05, 0) is 54.3 Å². The highest BCUT2D eigenvalue weighted by molar-refractivity contribution is 5.35. The van der Waals surface area contributed by atoms with E-state index in [1.54, 1.807) is 18.3 Å². The number of hydrogen-bond acceptors (Lipinski definition) is 3. The van der Waals surface area contributed by atoms with Gasteiger partial charge in [-0.1, -0.05) is 6.07 Å². The lowest BCUT2D eigenvalue weighted by Gasteiger charge is -2.15. The van der Waals surface area contributed by atoms with E-state index < -0.39 is 0 Å². The lowest BCUT2D eigenvalue weighted by atomic mass is 9.96. The Morgan fingerprint density at radius 2 is 2.06 bits per heavy atom. The zero-order valence-electron chi connectivity index (χ0n) is 10.2. The molecule has 0 bridgehead atoms. The number of halogens is 1. The van der Waals surface area contributed by atoms with E-state index in [0.29, 0.717) is 12.2 Å². The highest BCUT2D eigenvalue weighted by Gasteiger charge is 2.10. The van der Waals surface area contributed by atoms with Gasteiger partial charge in [-0.15, -0.1) is 0 Å². The van der Waals surface area contributed by atoms with Crippen molar-refractivity contribution in [3.63, 3.8) is 0 Å². The van der Waals surface area contributed by atoms with Crippen LogP contribution in [0.4, 0.5) is 10.2 Å². The SMILES string of the molecule is Cc1cc(F)ccc1C(N)Cc1ccnc(N)c1. The van der Waals surface area contributed by atoms with Crippen molar-refractivity contribution >= 4 is 5.82 Å². The molecule has 94 valence electrons. The number of anilines is 1. The molecule has 0 radical (unpaired) electrons. The van der Waals surface area contributed by atoms with E-state index in [1.165, 1.54) is 12.1 Å². The molecule has 4 N–H and O–H groups in total. The van der Waals surface area contributed by atoms with Crippen molar-refractivity contribution in [3.05, 3.63) is 59.0 Å². The maximum atomic E-state index is 13.0. The fourth-order valence-electron chi connectivity index (χ4n) is 2.04. The Labute approximate surface area is 106 Å². The Balaban J connectivity index is 2.19. The first-order chi connectivity index (χ1) is 8.56. The fourth-order valence-corrected chi connectivity index (χ4v) is 2.04. The quantitative estimate of drug-likeness (QED) is 0.872. The van der Waals surface area contributed by atoms with Crippen LogP contribution < -0.4 is 11.5 Å². The summed E-state index contributed by atoms with van der Waals surface area (Å²) < 4.78 is 13.0. The molecule has 0 amide bonds. The van der Waals surface area contributed by atoms with E-state index >= 15 is 0 Å². The lowest BCUT2D eigenvalue weighted by molar-refractivity contribution is 0.622. The first-order valence-corrected chi connectivity index (χ1v) is 5.78. The van der Waals surface area contributed by atoms with Crippen LogP contribution in [0.3, 0.4) is 0 Å². The minimum Gasteiger partial charge on any atom is -0.384 e. The van der Waals surface area contributed by atoms with Crippen LogP contribution in [0.5, 0.6) is 0 Å². The largest absolute Gasteiger partial charge is 0.384 e. The van der Waals surface area contributed by atoms with Crippen molar-refractivity contribution in [2.75, 3.05) is 5.73 Å². The van der Waals surface area contributed by atoms with Crippen LogP contribution in [0.15, 0.2) is 36.5 Å². The average Bonchev–Trinajstić information content (AvgIpc) is 2.28. The van der Waals surface area contributed by atoms with Gasteiger partial charge in [0.25, 0.3) is 0 Å².